The zero-order valence-corrected chi connectivity index (χ0v) is 15.3. The predicted octanol–water partition coefficient (Wildman–Crippen LogP) is 2.05. The summed E-state index contributed by atoms with van der Waals surface area (Å²) in [7, 11) is 0.850. The molecule has 0 radical (unpaired) electrons. The fourth-order valence-corrected chi connectivity index (χ4v) is 3.82. The lowest BCUT2D eigenvalue weighted by molar-refractivity contribution is 0.204. The van der Waals surface area contributed by atoms with Crippen molar-refractivity contribution >= 4 is 16.8 Å². The van der Waals surface area contributed by atoms with Gasteiger partial charge in [-0.3, -0.25) is 4.21 Å². The Balaban J connectivity index is 1.42. The van der Waals surface area contributed by atoms with Gasteiger partial charge in [-0.2, -0.15) is 0 Å². The molecular weight excluding hydrogens is 322 g/mol. The van der Waals surface area contributed by atoms with Gasteiger partial charge in [0.05, 0.1) is 0 Å². The van der Waals surface area contributed by atoms with Crippen LogP contribution in [0.5, 0.6) is 0 Å². The van der Waals surface area contributed by atoms with Crippen LogP contribution in [0, 0.1) is 5.92 Å². The van der Waals surface area contributed by atoms with Crippen LogP contribution >= 0.6 is 0 Å². The molecule has 1 N–H and O–H groups in total. The molecule has 1 saturated heterocycles. The van der Waals surface area contributed by atoms with Gasteiger partial charge in [0.1, 0.15) is 0 Å². The lowest BCUT2D eigenvalue weighted by Crippen LogP contribution is -2.39. The lowest BCUT2D eigenvalue weighted by Gasteiger charge is -2.20. The van der Waals surface area contributed by atoms with Gasteiger partial charge in [0.15, 0.2) is 0 Å². The first-order valence-corrected chi connectivity index (χ1v) is 10.2. The zero-order valence-electron chi connectivity index (χ0n) is 14.5. The summed E-state index contributed by atoms with van der Waals surface area (Å²) >= 11 is 0. The van der Waals surface area contributed by atoms with Crippen molar-refractivity contribution in [3.8, 4) is 0 Å². The monoisotopic (exact) mass is 349 g/mol. The van der Waals surface area contributed by atoms with Crippen LogP contribution in [-0.4, -0.2) is 59.0 Å². The summed E-state index contributed by atoms with van der Waals surface area (Å²) in [6.07, 6.45) is 5.57. The first kappa shape index (κ1) is 17.4. The minimum atomic E-state index is -0.962. The third kappa shape index (κ3) is 4.57. The van der Waals surface area contributed by atoms with Crippen LogP contribution in [0.25, 0.3) is 0 Å². The highest BCUT2D eigenvalue weighted by molar-refractivity contribution is 7.84. The van der Waals surface area contributed by atoms with E-state index in [1.165, 1.54) is 25.8 Å². The van der Waals surface area contributed by atoms with Crippen LogP contribution in [0.3, 0.4) is 0 Å². The van der Waals surface area contributed by atoms with Gasteiger partial charge >= 0.3 is 6.03 Å². The quantitative estimate of drug-likeness (QED) is 0.855. The summed E-state index contributed by atoms with van der Waals surface area (Å²) in [6, 6.07) is 8.40. The van der Waals surface area contributed by atoms with Crippen molar-refractivity contribution in [1.82, 2.24) is 15.1 Å². The van der Waals surface area contributed by atoms with Crippen LogP contribution in [-0.2, 0) is 17.3 Å². The lowest BCUT2D eigenvalue weighted by atomic mass is 10.1. The van der Waals surface area contributed by atoms with Crippen molar-refractivity contribution in [2.45, 2.75) is 36.7 Å². The number of amides is 2. The van der Waals surface area contributed by atoms with Gasteiger partial charge in [-0.15, -0.1) is 0 Å². The van der Waals surface area contributed by atoms with Crippen LogP contribution in [0.4, 0.5) is 4.79 Å². The summed E-state index contributed by atoms with van der Waals surface area (Å²) < 4.78 is 11.4. The third-order valence-corrected chi connectivity index (χ3v) is 5.88. The van der Waals surface area contributed by atoms with Crippen molar-refractivity contribution in [3.63, 3.8) is 0 Å². The van der Waals surface area contributed by atoms with Crippen LogP contribution in [0.15, 0.2) is 29.2 Å². The molecule has 1 saturated carbocycles. The van der Waals surface area contributed by atoms with Crippen molar-refractivity contribution in [2.75, 3.05) is 32.9 Å². The standard InChI is InChI=1S/C18H27N3O2S/c1-20(12-14-3-7-17(8-4-14)24(2)23)18(22)19-11-15-9-10-21(13-15)16-5-6-16/h3-4,7-8,15-16H,5-6,9-13H2,1-2H3,(H,19,22). The van der Waals surface area contributed by atoms with Crippen molar-refractivity contribution in [3.05, 3.63) is 29.8 Å². The highest BCUT2D eigenvalue weighted by atomic mass is 32.2. The molecule has 2 aliphatic rings. The minimum absolute atomic E-state index is 0.0250. The largest absolute Gasteiger partial charge is 0.338 e. The summed E-state index contributed by atoms with van der Waals surface area (Å²) in [5.74, 6) is 0.585. The molecule has 0 bridgehead atoms. The van der Waals surface area contributed by atoms with E-state index in [1.807, 2.05) is 31.3 Å². The molecule has 2 atom stereocenters. The summed E-state index contributed by atoms with van der Waals surface area (Å²) in [4.78, 5) is 17.3. The van der Waals surface area contributed by atoms with Gasteiger partial charge in [-0.25, -0.2) is 4.79 Å². The van der Waals surface area contributed by atoms with Gasteiger partial charge in [0.25, 0.3) is 0 Å². The Kier molecular flexibility index (Phi) is 5.56. The average molecular weight is 350 g/mol. The van der Waals surface area contributed by atoms with E-state index in [9.17, 15) is 9.00 Å². The molecule has 0 spiro atoms. The molecule has 5 nitrogen and oxygen atoms in total. The number of urea groups is 1. The number of nitrogens with one attached hydrogen (secondary N) is 1. The van der Waals surface area contributed by atoms with E-state index in [0.717, 1.165) is 29.6 Å². The van der Waals surface area contributed by atoms with Crippen LogP contribution < -0.4 is 5.32 Å². The van der Waals surface area contributed by atoms with E-state index < -0.39 is 10.8 Å². The fraction of sp³-hybridized carbons (Fsp3) is 0.611. The third-order valence-electron chi connectivity index (χ3n) is 4.94. The second-order valence-electron chi connectivity index (χ2n) is 7.02. The van der Waals surface area contributed by atoms with Gasteiger partial charge in [-0.05, 0) is 49.4 Å². The summed E-state index contributed by atoms with van der Waals surface area (Å²) in [5, 5.41) is 3.07. The Bertz CT molecular complexity index is 601. The Hall–Kier alpha value is -1.40. The molecule has 0 aromatic heterocycles. The molecule has 2 unspecified atom stereocenters. The molecular formula is C18H27N3O2S. The number of likely N-dealkylation sites (tertiary alicyclic amines) is 1. The van der Waals surface area contributed by atoms with Gasteiger partial charge in [0, 0.05) is 54.7 Å². The Labute approximate surface area is 146 Å². The van der Waals surface area contributed by atoms with Crippen molar-refractivity contribution in [2.24, 2.45) is 5.92 Å². The molecule has 1 heterocycles. The van der Waals surface area contributed by atoms with Gasteiger partial charge < -0.3 is 15.1 Å². The number of hydrogen-bond acceptors (Lipinski definition) is 3. The maximum atomic E-state index is 12.3. The van der Waals surface area contributed by atoms with E-state index in [2.05, 4.69) is 10.2 Å². The zero-order chi connectivity index (χ0) is 17.1. The summed E-state index contributed by atoms with van der Waals surface area (Å²) in [5.41, 5.74) is 1.04. The molecule has 1 aromatic carbocycles. The van der Waals surface area contributed by atoms with E-state index in [-0.39, 0.29) is 6.03 Å². The van der Waals surface area contributed by atoms with E-state index in [4.69, 9.17) is 0 Å². The first-order chi connectivity index (χ1) is 11.5. The van der Waals surface area contributed by atoms with Gasteiger partial charge in [0.2, 0.25) is 0 Å². The number of hydrogen-bond donors (Lipinski definition) is 1. The van der Waals surface area contributed by atoms with Crippen molar-refractivity contribution < 1.29 is 9.00 Å². The number of benzene rings is 1. The Morgan fingerprint density at radius 3 is 2.62 bits per heavy atom. The van der Waals surface area contributed by atoms with E-state index in [1.54, 1.807) is 11.2 Å². The predicted molar refractivity (Wildman–Crippen MR) is 96.3 cm³/mol. The molecule has 1 aliphatic carbocycles. The molecule has 2 fully saturated rings. The number of carbonyl (C=O) groups is 1. The second kappa shape index (κ2) is 7.66. The molecule has 1 aromatic rings. The normalized spacial score (nSPS) is 22.3. The molecule has 1 aliphatic heterocycles. The van der Waals surface area contributed by atoms with Gasteiger partial charge in [-0.1, -0.05) is 12.1 Å². The highest BCUT2D eigenvalue weighted by Crippen LogP contribution is 2.31. The van der Waals surface area contributed by atoms with E-state index in [0.29, 0.717) is 12.5 Å². The van der Waals surface area contributed by atoms with E-state index >= 15 is 0 Å². The molecule has 6 heteroatoms. The maximum Gasteiger partial charge on any atom is 0.317 e. The minimum Gasteiger partial charge on any atom is -0.338 e. The number of nitrogens with zero attached hydrogens (tertiary/aromatic N) is 2. The fourth-order valence-electron chi connectivity index (χ4n) is 3.30. The first-order valence-electron chi connectivity index (χ1n) is 8.68. The van der Waals surface area contributed by atoms with Crippen LogP contribution in [0.1, 0.15) is 24.8 Å². The Morgan fingerprint density at radius 1 is 1.29 bits per heavy atom. The number of rotatable bonds is 6. The average Bonchev–Trinajstić information content (AvgIpc) is 3.31. The second-order valence-corrected chi connectivity index (χ2v) is 8.40. The highest BCUT2D eigenvalue weighted by Gasteiger charge is 2.34. The molecule has 2 amide bonds. The Morgan fingerprint density at radius 2 is 2.00 bits per heavy atom. The number of carbonyl (C=O) groups excluding carboxylic acids is 1. The topological polar surface area (TPSA) is 52.7 Å². The molecule has 3 rings (SSSR count). The van der Waals surface area contributed by atoms with Crippen molar-refractivity contribution in [1.29, 1.82) is 0 Å². The smallest absolute Gasteiger partial charge is 0.317 e. The summed E-state index contributed by atoms with van der Waals surface area (Å²) in [6.45, 7) is 3.64. The SMILES string of the molecule is CN(Cc1ccc(S(C)=O)cc1)C(=O)NCC1CCN(C2CC2)C1. The maximum absolute atomic E-state index is 12.3. The molecule has 24 heavy (non-hydrogen) atoms. The molecule has 132 valence electrons. The van der Waals surface area contributed by atoms with Crippen LogP contribution in [0.2, 0.25) is 0 Å².